The lowest BCUT2D eigenvalue weighted by Crippen LogP contribution is -2.14. The van der Waals surface area contributed by atoms with Crippen molar-refractivity contribution >= 4 is 22.7 Å². The fourth-order valence-corrected chi connectivity index (χ4v) is 3.10. The van der Waals surface area contributed by atoms with Crippen molar-refractivity contribution in [2.75, 3.05) is 7.11 Å². The number of pyridine rings is 1. The highest BCUT2D eigenvalue weighted by atomic mass is 16.5. The number of esters is 1. The van der Waals surface area contributed by atoms with Crippen molar-refractivity contribution in [2.24, 2.45) is 0 Å². The minimum Gasteiger partial charge on any atom is -0.478 e. The van der Waals surface area contributed by atoms with E-state index >= 15 is 0 Å². The van der Waals surface area contributed by atoms with Crippen LogP contribution < -0.4 is 0 Å². The average molecular weight is 335 g/mol. The number of aromatic nitrogens is 1. The predicted octanol–water partition coefficient (Wildman–Crippen LogP) is 4.00. The van der Waals surface area contributed by atoms with E-state index < -0.39 is 11.9 Å². The molecule has 2 aromatic carbocycles. The van der Waals surface area contributed by atoms with Gasteiger partial charge in [0, 0.05) is 5.56 Å². The highest BCUT2D eigenvalue weighted by molar-refractivity contribution is 6.07. The Morgan fingerprint density at radius 1 is 0.960 bits per heavy atom. The van der Waals surface area contributed by atoms with Crippen LogP contribution in [0.4, 0.5) is 0 Å². The molecule has 0 aliphatic heterocycles. The number of carboxylic acids is 1. The fraction of sp³-hybridized carbons (Fsp3) is 0.150. The Hall–Kier alpha value is -3.21. The van der Waals surface area contributed by atoms with Gasteiger partial charge in [-0.1, -0.05) is 36.4 Å². The summed E-state index contributed by atoms with van der Waals surface area (Å²) in [6.07, 6.45) is 0. The van der Waals surface area contributed by atoms with Crippen LogP contribution in [-0.2, 0) is 4.74 Å². The summed E-state index contributed by atoms with van der Waals surface area (Å²) >= 11 is 0. The average Bonchev–Trinajstić information content (AvgIpc) is 2.59. The first-order chi connectivity index (χ1) is 11.9. The van der Waals surface area contributed by atoms with Crippen LogP contribution in [0.1, 0.15) is 32.1 Å². The van der Waals surface area contributed by atoms with E-state index in [1.165, 1.54) is 7.11 Å². The van der Waals surface area contributed by atoms with Gasteiger partial charge in [0.25, 0.3) is 0 Å². The summed E-state index contributed by atoms with van der Waals surface area (Å²) in [5.41, 5.74) is 1.99. The van der Waals surface area contributed by atoms with Crippen LogP contribution in [0.15, 0.2) is 42.5 Å². The van der Waals surface area contributed by atoms with Crippen LogP contribution in [0, 0.1) is 13.8 Å². The van der Waals surface area contributed by atoms with Gasteiger partial charge in [-0.05, 0) is 36.2 Å². The van der Waals surface area contributed by atoms with Gasteiger partial charge in [0.2, 0.25) is 0 Å². The zero-order valence-corrected chi connectivity index (χ0v) is 14.2. The number of aromatic carboxylic acids is 1. The van der Waals surface area contributed by atoms with Crippen molar-refractivity contribution in [1.82, 2.24) is 4.98 Å². The summed E-state index contributed by atoms with van der Waals surface area (Å²) in [5.74, 6) is -1.73. The van der Waals surface area contributed by atoms with Crippen molar-refractivity contribution < 1.29 is 19.4 Å². The molecule has 0 radical (unpaired) electrons. The molecule has 1 N–H and O–H groups in total. The molecule has 0 aliphatic rings. The van der Waals surface area contributed by atoms with Gasteiger partial charge < -0.3 is 9.84 Å². The lowest BCUT2D eigenvalue weighted by atomic mass is 9.91. The highest BCUT2D eigenvalue weighted by Crippen LogP contribution is 2.33. The van der Waals surface area contributed by atoms with Gasteiger partial charge in [-0.25, -0.2) is 9.59 Å². The molecular weight excluding hydrogens is 318 g/mol. The van der Waals surface area contributed by atoms with Crippen molar-refractivity contribution in [2.45, 2.75) is 13.8 Å². The lowest BCUT2D eigenvalue weighted by molar-refractivity contribution is 0.0600. The number of carboxylic acid groups (broad SMARTS) is 1. The first kappa shape index (κ1) is 16.6. The third-order valence-corrected chi connectivity index (χ3v) is 4.20. The molecule has 0 saturated carbocycles. The molecule has 0 fully saturated rings. The quantitative estimate of drug-likeness (QED) is 0.732. The van der Waals surface area contributed by atoms with Crippen molar-refractivity contribution in [3.63, 3.8) is 0 Å². The van der Waals surface area contributed by atoms with Gasteiger partial charge in [0.1, 0.15) is 0 Å². The maximum absolute atomic E-state index is 12.3. The van der Waals surface area contributed by atoms with Crippen LogP contribution in [-0.4, -0.2) is 29.1 Å². The first-order valence-electron chi connectivity index (χ1n) is 7.76. The zero-order chi connectivity index (χ0) is 18.1. The van der Waals surface area contributed by atoms with E-state index in [1.54, 1.807) is 13.8 Å². The molecule has 1 aromatic heterocycles. The summed E-state index contributed by atoms with van der Waals surface area (Å²) in [6, 6.07) is 13.4. The van der Waals surface area contributed by atoms with Crippen molar-refractivity contribution in [1.29, 1.82) is 0 Å². The SMILES string of the molecule is COC(=O)c1c(C)nc(C)c(C(=O)O)c1-c1ccc2ccccc2c1. The topological polar surface area (TPSA) is 76.5 Å². The summed E-state index contributed by atoms with van der Waals surface area (Å²) in [5, 5.41) is 11.7. The van der Waals surface area contributed by atoms with Crippen LogP contribution >= 0.6 is 0 Å². The Morgan fingerprint density at radius 3 is 2.24 bits per heavy atom. The molecule has 126 valence electrons. The van der Waals surface area contributed by atoms with E-state index in [-0.39, 0.29) is 11.1 Å². The molecule has 0 bridgehead atoms. The number of carbonyl (C=O) groups excluding carboxylic acids is 1. The Kier molecular flexibility index (Phi) is 4.23. The molecule has 3 rings (SSSR count). The summed E-state index contributed by atoms with van der Waals surface area (Å²) < 4.78 is 4.87. The second-order valence-electron chi connectivity index (χ2n) is 5.77. The summed E-state index contributed by atoms with van der Waals surface area (Å²) in [7, 11) is 1.27. The minimum absolute atomic E-state index is 0.0151. The molecule has 5 nitrogen and oxygen atoms in total. The maximum Gasteiger partial charge on any atom is 0.340 e. The molecule has 0 unspecified atom stereocenters. The van der Waals surface area contributed by atoms with Gasteiger partial charge >= 0.3 is 11.9 Å². The molecule has 5 heteroatoms. The second-order valence-corrected chi connectivity index (χ2v) is 5.77. The van der Waals surface area contributed by atoms with Gasteiger partial charge in [-0.15, -0.1) is 0 Å². The third-order valence-electron chi connectivity index (χ3n) is 4.20. The Balaban J connectivity index is 2.42. The molecular formula is C20H17NO4. The van der Waals surface area contributed by atoms with E-state index in [0.717, 1.165) is 10.8 Å². The Morgan fingerprint density at radius 2 is 1.60 bits per heavy atom. The number of methoxy groups -OCH3 is 1. The van der Waals surface area contributed by atoms with Crippen LogP contribution in [0.3, 0.4) is 0 Å². The van der Waals surface area contributed by atoms with Crippen LogP contribution in [0.2, 0.25) is 0 Å². The van der Waals surface area contributed by atoms with E-state index in [9.17, 15) is 14.7 Å². The summed E-state index contributed by atoms with van der Waals surface area (Å²) in [6.45, 7) is 3.30. The molecule has 3 aromatic rings. The smallest absolute Gasteiger partial charge is 0.340 e. The van der Waals surface area contributed by atoms with Gasteiger partial charge in [-0.3, -0.25) is 4.98 Å². The number of ether oxygens (including phenoxy) is 1. The maximum atomic E-state index is 12.3. The third kappa shape index (κ3) is 2.85. The normalized spacial score (nSPS) is 10.7. The highest BCUT2D eigenvalue weighted by Gasteiger charge is 2.26. The number of hydrogen-bond donors (Lipinski definition) is 1. The monoisotopic (exact) mass is 335 g/mol. The van der Waals surface area contributed by atoms with Crippen molar-refractivity contribution in [3.8, 4) is 11.1 Å². The van der Waals surface area contributed by atoms with Crippen LogP contribution in [0.5, 0.6) is 0 Å². The number of hydrogen-bond acceptors (Lipinski definition) is 4. The molecule has 0 atom stereocenters. The van der Waals surface area contributed by atoms with Crippen molar-refractivity contribution in [3.05, 3.63) is 65.0 Å². The molecule has 0 amide bonds. The number of benzene rings is 2. The van der Waals surface area contributed by atoms with E-state index in [0.29, 0.717) is 22.5 Å². The number of fused-ring (bicyclic) bond motifs is 1. The fourth-order valence-electron chi connectivity index (χ4n) is 3.10. The van der Waals surface area contributed by atoms with Gasteiger partial charge in [0.15, 0.2) is 0 Å². The molecule has 0 saturated heterocycles. The Bertz CT molecular complexity index is 1010. The molecule has 0 spiro atoms. The number of nitrogens with zero attached hydrogens (tertiary/aromatic N) is 1. The zero-order valence-electron chi connectivity index (χ0n) is 14.2. The molecule has 25 heavy (non-hydrogen) atoms. The number of aryl methyl sites for hydroxylation is 2. The van der Waals surface area contributed by atoms with E-state index in [1.807, 2.05) is 42.5 Å². The largest absolute Gasteiger partial charge is 0.478 e. The van der Waals surface area contributed by atoms with Crippen LogP contribution in [0.25, 0.3) is 21.9 Å². The van der Waals surface area contributed by atoms with Gasteiger partial charge in [0.05, 0.1) is 29.6 Å². The predicted molar refractivity (Wildman–Crippen MR) is 95.0 cm³/mol. The Labute approximate surface area is 144 Å². The summed E-state index contributed by atoms with van der Waals surface area (Å²) in [4.78, 5) is 28.4. The molecule has 1 heterocycles. The first-order valence-corrected chi connectivity index (χ1v) is 7.76. The standard InChI is InChI=1S/C20H17NO4/c1-11-16(19(22)23)18(17(12(2)21-11)20(24)25-3)15-9-8-13-6-4-5-7-14(13)10-15/h4-10H,1-3H3,(H,22,23). The second kappa shape index (κ2) is 6.36. The van der Waals surface area contributed by atoms with Gasteiger partial charge in [-0.2, -0.15) is 0 Å². The number of carbonyl (C=O) groups is 2. The minimum atomic E-state index is -1.13. The lowest BCUT2D eigenvalue weighted by Gasteiger charge is -2.16. The number of rotatable bonds is 3. The van der Waals surface area contributed by atoms with E-state index in [2.05, 4.69) is 4.98 Å². The van der Waals surface area contributed by atoms with E-state index in [4.69, 9.17) is 4.74 Å². The molecule has 0 aliphatic carbocycles.